The van der Waals surface area contributed by atoms with Gasteiger partial charge in [0.15, 0.2) is 5.82 Å². The highest BCUT2D eigenvalue weighted by Crippen LogP contribution is 2.30. The minimum Gasteiger partial charge on any atom is -0.339 e. The van der Waals surface area contributed by atoms with Crippen LogP contribution in [0.1, 0.15) is 18.1 Å². The van der Waals surface area contributed by atoms with Crippen LogP contribution in [0.4, 0.5) is 36.3 Å². The lowest BCUT2D eigenvalue weighted by molar-refractivity contribution is -0.137. The zero-order chi connectivity index (χ0) is 18.6. The Bertz CT molecular complexity index is 861. The summed E-state index contributed by atoms with van der Waals surface area (Å²) in [5.74, 6) is 0.651. The fourth-order valence-corrected chi connectivity index (χ4v) is 2.26. The SMILES string of the molecule is CCc1ccc(Nc2cnnc(Nc3ccc(C(F)(F)F)cc3)n2)cc1. The third-order valence-corrected chi connectivity index (χ3v) is 3.66. The summed E-state index contributed by atoms with van der Waals surface area (Å²) in [6, 6.07) is 12.5. The third-order valence-electron chi connectivity index (χ3n) is 3.66. The monoisotopic (exact) mass is 359 g/mol. The molecule has 0 atom stereocenters. The van der Waals surface area contributed by atoms with Gasteiger partial charge < -0.3 is 10.6 Å². The van der Waals surface area contributed by atoms with E-state index in [-0.39, 0.29) is 5.95 Å². The first-order chi connectivity index (χ1) is 12.4. The van der Waals surface area contributed by atoms with E-state index in [1.54, 1.807) is 0 Å². The molecule has 2 aromatic carbocycles. The van der Waals surface area contributed by atoms with Gasteiger partial charge in [0.05, 0.1) is 11.8 Å². The molecule has 0 aliphatic rings. The molecule has 134 valence electrons. The van der Waals surface area contributed by atoms with Crippen LogP contribution in [0, 0.1) is 0 Å². The Labute approximate surface area is 148 Å². The Morgan fingerprint density at radius 2 is 1.50 bits per heavy atom. The van der Waals surface area contributed by atoms with Crippen LogP contribution < -0.4 is 10.6 Å². The molecule has 0 fully saturated rings. The van der Waals surface area contributed by atoms with E-state index < -0.39 is 11.7 Å². The Hall–Kier alpha value is -3.16. The zero-order valence-corrected chi connectivity index (χ0v) is 13.9. The van der Waals surface area contributed by atoms with Crippen LogP contribution in [0.2, 0.25) is 0 Å². The number of rotatable bonds is 5. The lowest BCUT2D eigenvalue weighted by atomic mass is 10.1. The molecule has 0 aliphatic carbocycles. The maximum absolute atomic E-state index is 12.6. The summed E-state index contributed by atoms with van der Waals surface area (Å²) in [6.45, 7) is 2.08. The second-order valence-corrected chi connectivity index (χ2v) is 5.54. The third kappa shape index (κ3) is 4.47. The normalized spacial score (nSPS) is 11.2. The molecule has 2 N–H and O–H groups in total. The van der Waals surface area contributed by atoms with Crippen molar-refractivity contribution < 1.29 is 13.2 Å². The van der Waals surface area contributed by atoms with Gasteiger partial charge in [-0.25, -0.2) is 0 Å². The molecule has 0 bridgehead atoms. The molecule has 0 unspecified atom stereocenters. The number of aromatic nitrogens is 3. The first-order valence-electron chi connectivity index (χ1n) is 7.94. The molecule has 0 radical (unpaired) electrons. The Kier molecular flexibility index (Phi) is 5.01. The van der Waals surface area contributed by atoms with Gasteiger partial charge in [0.25, 0.3) is 0 Å². The number of anilines is 4. The number of hydrogen-bond acceptors (Lipinski definition) is 5. The van der Waals surface area contributed by atoms with E-state index >= 15 is 0 Å². The minimum atomic E-state index is -4.37. The standard InChI is InChI=1S/C18H16F3N5/c1-2-12-3-7-14(8-4-12)23-16-11-22-26-17(25-16)24-15-9-5-13(6-10-15)18(19,20)21/h3-11H,2H2,1H3,(H2,23,24,25,26). The molecule has 0 saturated heterocycles. The number of hydrogen-bond donors (Lipinski definition) is 2. The molecule has 5 nitrogen and oxygen atoms in total. The number of benzene rings is 2. The summed E-state index contributed by atoms with van der Waals surface area (Å²) in [5, 5.41) is 13.6. The van der Waals surface area contributed by atoms with Crippen molar-refractivity contribution >= 4 is 23.1 Å². The topological polar surface area (TPSA) is 62.7 Å². The van der Waals surface area contributed by atoms with E-state index in [0.717, 1.165) is 24.2 Å². The maximum Gasteiger partial charge on any atom is 0.416 e. The molecule has 0 amide bonds. The summed E-state index contributed by atoms with van der Waals surface area (Å²) >= 11 is 0. The van der Waals surface area contributed by atoms with E-state index in [1.807, 2.05) is 24.3 Å². The molecule has 0 spiro atoms. The molecule has 3 rings (SSSR count). The van der Waals surface area contributed by atoms with Crippen molar-refractivity contribution in [1.29, 1.82) is 0 Å². The number of nitrogens with zero attached hydrogens (tertiary/aromatic N) is 3. The molecular weight excluding hydrogens is 343 g/mol. The van der Waals surface area contributed by atoms with Crippen LogP contribution in [-0.2, 0) is 12.6 Å². The van der Waals surface area contributed by atoms with E-state index in [4.69, 9.17) is 0 Å². The molecule has 1 heterocycles. The fraction of sp³-hybridized carbons (Fsp3) is 0.167. The first-order valence-corrected chi connectivity index (χ1v) is 7.94. The van der Waals surface area contributed by atoms with Gasteiger partial charge in [-0.15, -0.1) is 5.10 Å². The minimum absolute atomic E-state index is 0.180. The van der Waals surface area contributed by atoms with Gasteiger partial charge in [-0.3, -0.25) is 0 Å². The van der Waals surface area contributed by atoms with Gasteiger partial charge in [-0.05, 0) is 48.4 Å². The Balaban J connectivity index is 1.70. The second kappa shape index (κ2) is 7.38. The summed E-state index contributed by atoms with van der Waals surface area (Å²) in [5.41, 5.74) is 1.79. The van der Waals surface area contributed by atoms with Crippen molar-refractivity contribution in [2.75, 3.05) is 10.6 Å². The van der Waals surface area contributed by atoms with Crippen molar-refractivity contribution in [3.63, 3.8) is 0 Å². The Morgan fingerprint density at radius 1 is 0.885 bits per heavy atom. The molecular formula is C18H16F3N5. The highest BCUT2D eigenvalue weighted by Gasteiger charge is 2.29. The molecule has 3 aromatic rings. The van der Waals surface area contributed by atoms with E-state index in [0.29, 0.717) is 11.5 Å². The highest BCUT2D eigenvalue weighted by molar-refractivity contribution is 5.59. The molecule has 26 heavy (non-hydrogen) atoms. The van der Waals surface area contributed by atoms with Gasteiger partial charge >= 0.3 is 6.18 Å². The zero-order valence-electron chi connectivity index (χ0n) is 13.9. The van der Waals surface area contributed by atoms with Gasteiger partial charge in [0.1, 0.15) is 0 Å². The highest BCUT2D eigenvalue weighted by atomic mass is 19.4. The first kappa shape index (κ1) is 17.7. The van der Waals surface area contributed by atoms with Crippen molar-refractivity contribution in [3.05, 3.63) is 65.9 Å². The smallest absolute Gasteiger partial charge is 0.339 e. The average molecular weight is 359 g/mol. The van der Waals surface area contributed by atoms with Crippen LogP contribution in [0.3, 0.4) is 0 Å². The van der Waals surface area contributed by atoms with Crippen molar-refractivity contribution in [2.45, 2.75) is 19.5 Å². The largest absolute Gasteiger partial charge is 0.416 e. The van der Waals surface area contributed by atoms with Crippen molar-refractivity contribution in [3.8, 4) is 0 Å². The molecule has 0 saturated carbocycles. The number of nitrogens with one attached hydrogen (secondary N) is 2. The van der Waals surface area contributed by atoms with Crippen LogP contribution in [0.15, 0.2) is 54.7 Å². The summed E-state index contributed by atoms with van der Waals surface area (Å²) < 4.78 is 37.8. The summed E-state index contributed by atoms with van der Waals surface area (Å²) in [4.78, 5) is 4.26. The number of halogens is 3. The van der Waals surface area contributed by atoms with Gasteiger partial charge in [0.2, 0.25) is 5.95 Å². The lowest BCUT2D eigenvalue weighted by Gasteiger charge is -2.09. The Morgan fingerprint density at radius 3 is 2.12 bits per heavy atom. The van der Waals surface area contributed by atoms with E-state index in [1.165, 1.54) is 23.9 Å². The quantitative estimate of drug-likeness (QED) is 0.676. The van der Waals surface area contributed by atoms with Crippen LogP contribution >= 0.6 is 0 Å². The molecule has 8 heteroatoms. The second-order valence-electron chi connectivity index (χ2n) is 5.54. The number of alkyl halides is 3. The van der Waals surface area contributed by atoms with Crippen molar-refractivity contribution in [1.82, 2.24) is 15.2 Å². The summed E-state index contributed by atoms with van der Waals surface area (Å²) in [6.07, 6.45) is -1.95. The van der Waals surface area contributed by atoms with Crippen LogP contribution in [0.5, 0.6) is 0 Å². The summed E-state index contributed by atoms with van der Waals surface area (Å²) in [7, 11) is 0. The molecule has 1 aromatic heterocycles. The van der Waals surface area contributed by atoms with Crippen LogP contribution in [-0.4, -0.2) is 15.2 Å². The predicted molar refractivity (Wildman–Crippen MR) is 93.7 cm³/mol. The number of aryl methyl sites for hydroxylation is 1. The van der Waals surface area contributed by atoms with Gasteiger partial charge in [-0.1, -0.05) is 19.1 Å². The maximum atomic E-state index is 12.6. The predicted octanol–water partition coefficient (Wildman–Crippen LogP) is 4.94. The van der Waals surface area contributed by atoms with Gasteiger partial charge in [-0.2, -0.15) is 23.3 Å². The van der Waals surface area contributed by atoms with E-state index in [2.05, 4.69) is 32.7 Å². The molecule has 0 aliphatic heterocycles. The lowest BCUT2D eigenvalue weighted by Crippen LogP contribution is -2.05. The van der Waals surface area contributed by atoms with Crippen molar-refractivity contribution in [2.24, 2.45) is 0 Å². The van der Waals surface area contributed by atoms with E-state index in [9.17, 15) is 13.2 Å². The van der Waals surface area contributed by atoms with Crippen LogP contribution in [0.25, 0.3) is 0 Å². The average Bonchev–Trinajstić information content (AvgIpc) is 2.62. The van der Waals surface area contributed by atoms with Gasteiger partial charge in [0, 0.05) is 11.4 Å². The fourth-order valence-electron chi connectivity index (χ4n) is 2.26.